The van der Waals surface area contributed by atoms with Crippen LogP contribution in [0.2, 0.25) is 0 Å². The van der Waals surface area contributed by atoms with E-state index in [-0.39, 0.29) is 0 Å². The van der Waals surface area contributed by atoms with Crippen molar-refractivity contribution in [1.29, 1.82) is 0 Å². The Bertz CT molecular complexity index is 4890. The molecular weight excluding hydrogens is 891 g/mol. The highest BCUT2D eigenvalue weighted by Crippen LogP contribution is 2.49. The average molecular weight is 930 g/mol. The molecule has 16 aromatic rings. The van der Waals surface area contributed by atoms with Crippen LogP contribution in [0.4, 0.5) is 0 Å². The zero-order chi connectivity index (χ0) is 47.7. The fraction of sp³-hybridized carbons (Fsp3) is 0. The van der Waals surface area contributed by atoms with Gasteiger partial charge in [0.2, 0.25) is 5.95 Å². The Morgan fingerprint density at radius 2 is 0.904 bits per heavy atom. The molecular formula is C67H39N5O. The van der Waals surface area contributed by atoms with Crippen molar-refractivity contribution in [3.05, 3.63) is 237 Å². The van der Waals surface area contributed by atoms with Crippen LogP contribution in [-0.2, 0) is 0 Å². The van der Waals surface area contributed by atoms with Crippen molar-refractivity contribution < 1.29 is 4.42 Å². The van der Waals surface area contributed by atoms with Gasteiger partial charge in [0.1, 0.15) is 11.2 Å². The smallest absolute Gasteiger partial charge is 0.238 e. The van der Waals surface area contributed by atoms with Crippen molar-refractivity contribution in [3.63, 3.8) is 0 Å². The highest BCUT2D eigenvalue weighted by molar-refractivity contribution is 6.40. The van der Waals surface area contributed by atoms with E-state index in [9.17, 15) is 0 Å². The molecule has 16 rings (SSSR count). The number of benzene rings is 12. The van der Waals surface area contributed by atoms with Gasteiger partial charge in [0, 0.05) is 60.1 Å². The van der Waals surface area contributed by atoms with Gasteiger partial charge in [0.15, 0.2) is 11.6 Å². The molecule has 0 fully saturated rings. The van der Waals surface area contributed by atoms with Gasteiger partial charge in [0.05, 0.1) is 22.1 Å². The topological polar surface area (TPSA) is 61.7 Å². The van der Waals surface area contributed by atoms with E-state index in [4.69, 9.17) is 19.4 Å². The Kier molecular flexibility index (Phi) is 8.36. The number of para-hydroxylation sites is 4. The fourth-order valence-corrected chi connectivity index (χ4v) is 11.9. The van der Waals surface area contributed by atoms with Gasteiger partial charge in [-0.2, -0.15) is 9.97 Å². The van der Waals surface area contributed by atoms with E-state index in [0.29, 0.717) is 17.6 Å². The second-order valence-electron chi connectivity index (χ2n) is 19.1. The van der Waals surface area contributed by atoms with Crippen molar-refractivity contribution in [2.75, 3.05) is 0 Å². The number of nitrogens with zero attached hydrogens (tertiary/aromatic N) is 5. The van der Waals surface area contributed by atoms with Gasteiger partial charge in [-0.1, -0.05) is 188 Å². The zero-order valence-electron chi connectivity index (χ0n) is 39.2. The molecule has 6 heteroatoms. The first-order valence-electron chi connectivity index (χ1n) is 24.8. The van der Waals surface area contributed by atoms with Crippen LogP contribution in [0.3, 0.4) is 0 Å². The fourth-order valence-electron chi connectivity index (χ4n) is 11.9. The minimum absolute atomic E-state index is 0.557. The van der Waals surface area contributed by atoms with Gasteiger partial charge in [-0.25, -0.2) is 4.98 Å². The molecule has 0 bridgehead atoms. The van der Waals surface area contributed by atoms with Crippen molar-refractivity contribution in [1.82, 2.24) is 24.1 Å². The molecule has 6 nitrogen and oxygen atoms in total. The summed E-state index contributed by atoms with van der Waals surface area (Å²) in [5, 5.41) is 14.3. The SMILES string of the molecule is c1ccc(-c2nc(-c3ccc(-c4cccc5c4oc4ccccc45)cc3)nc(-n3c4cccc5c6c7ccccc7ccc6c6c(-c7ccc8c(c7)c7ccccc7n8-c7ccccc7)ccc3c6c54)n2)cc1. The summed E-state index contributed by atoms with van der Waals surface area (Å²) < 4.78 is 11.1. The second-order valence-corrected chi connectivity index (χ2v) is 19.1. The van der Waals surface area contributed by atoms with E-state index in [1.54, 1.807) is 0 Å². The van der Waals surface area contributed by atoms with Gasteiger partial charge < -0.3 is 8.98 Å². The number of hydrogen-bond acceptors (Lipinski definition) is 4. The molecule has 0 unspecified atom stereocenters. The summed E-state index contributed by atoms with van der Waals surface area (Å²) in [7, 11) is 0. The van der Waals surface area contributed by atoms with E-state index < -0.39 is 0 Å². The van der Waals surface area contributed by atoms with Gasteiger partial charge in [0.25, 0.3) is 0 Å². The van der Waals surface area contributed by atoms with Crippen LogP contribution >= 0.6 is 0 Å². The molecule has 4 heterocycles. The van der Waals surface area contributed by atoms with Crippen molar-refractivity contribution in [2.45, 2.75) is 0 Å². The number of furan rings is 1. The summed E-state index contributed by atoms with van der Waals surface area (Å²) in [6.45, 7) is 0. The summed E-state index contributed by atoms with van der Waals surface area (Å²) in [6, 6.07) is 84.4. The maximum absolute atomic E-state index is 6.45. The molecule has 0 radical (unpaired) electrons. The molecule has 12 aromatic carbocycles. The molecule has 0 spiro atoms. The third-order valence-corrected chi connectivity index (χ3v) is 15.1. The Hall–Kier alpha value is -9.91. The average Bonchev–Trinajstić information content (AvgIpc) is 4.13. The highest BCUT2D eigenvalue weighted by atomic mass is 16.3. The molecule has 73 heavy (non-hydrogen) atoms. The van der Waals surface area contributed by atoms with Crippen LogP contribution in [0, 0.1) is 0 Å². The number of aromatic nitrogens is 5. The van der Waals surface area contributed by atoms with E-state index in [1.165, 1.54) is 70.5 Å². The highest BCUT2D eigenvalue weighted by Gasteiger charge is 2.26. The quantitative estimate of drug-likeness (QED) is 0.156. The Morgan fingerprint density at radius 3 is 1.75 bits per heavy atom. The molecule has 0 N–H and O–H groups in total. The zero-order valence-corrected chi connectivity index (χ0v) is 39.2. The predicted octanol–water partition coefficient (Wildman–Crippen LogP) is 17.5. The third kappa shape index (κ3) is 5.83. The van der Waals surface area contributed by atoms with Crippen LogP contribution in [-0.4, -0.2) is 24.1 Å². The lowest BCUT2D eigenvalue weighted by atomic mass is 9.87. The van der Waals surface area contributed by atoms with Crippen LogP contribution < -0.4 is 0 Å². The summed E-state index contributed by atoms with van der Waals surface area (Å²) >= 11 is 0. The maximum atomic E-state index is 6.45. The summed E-state index contributed by atoms with van der Waals surface area (Å²) in [5.41, 5.74) is 13.6. The van der Waals surface area contributed by atoms with Crippen LogP contribution in [0.15, 0.2) is 241 Å². The first-order valence-corrected chi connectivity index (χ1v) is 24.8. The third-order valence-electron chi connectivity index (χ3n) is 15.1. The lowest BCUT2D eigenvalue weighted by Gasteiger charge is -2.15. The van der Waals surface area contributed by atoms with Crippen molar-refractivity contribution >= 4 is 97.9 Å². The maximum Gasteiger partial charge on any atom is 0.238 e. The molecule has 0 amide bonds. The molecule has 0 saturated carbocycles. The number of fused-ring (bicyclic) bond motifs is 11. The molecule has 0 aliphatic rings. The first-order chi connectivity index (χ1) is 36.2. The molecule has 0 aliphatic heterocycles. The van der Waals surface area contributed by atoms with Gasteiger partial charge in [-0.15, -0.1) is 0 Å². The molecule has 0 saturated heterocycles. The Labute approximate surface area is 417 Å². The standard InChI is InChI=1S/C67H39N5O/c1-3-16-42(17-4-1)65-68-66(43-31-29-41(30-32-43)48-23-13-24-51-50-22-10-12-28-59(50)73-64(48)51)70-67(69-65)72-57-27-14-25-52-60-46-20-8-7-15-40(46)33-35-53(60)61-47(36-38-58(72)63(61)62(52)57)44-34-37-56-54(39-44)49-21-9-11-26-55(49)71(56)45-18-5-2-6-19-45/h1-39H. The molecule has 0 atom stereocenters. The minimum Gasteiger partial charge on any atom is -0.455 e. The van der Waals surface area contributed by atoms with Gasteiger partial charge >= 0.3 is 0 Å². The monoisotopic (exact) mass is 929 g/mol. The number of rotatable bonds is 6. The Balaban J connectivity index is 0.942. The van der Waals surface area contributed by atoms with Crippen LogP contribution in [0.25, 0.3) is 155 Å². The Morgan fingerprint density at radius 1 is 0.301 bits per heavy atom. The number of hydrogen-bond donors (Lipinski definition) is 0. The predicted molar refractivity (Wildman–Crippen MR) is 301 cm³/mol. The van der Waals surface area contributed by atoms with Crippen LogP contribution in [0.1, 0.15) is 0 Å². The first kappa shape index (κ1) is 39.9. The summed E-state index contributed by atoms with van der Waals surface area (Å²) in [6.07, 6.45) is 0. The van der Waals surface area contributed by atoms with E-state index in [1.807, 2.05) is 30.3 Å². The molecule has 0 aliphatic carbocycles. The van der Waals surface area contributed by atoms with Crippen molar-refractivity contribution in [3.8, 4) is 56.7 Å². The normalized spacial score (nSPS) is 12.1. The summed E-state index contributed by atoms with van der Waals surface area (Å²) in [4.78, 5) is 16.0. The van der Waals surface area contributed by atoms with E-state index in [0.717, 1.165) is 66.5 Å². The van der Waals surface area contributed by atoms with Crippen molar-refractivity contribution in [2.24, 2.45) is 0 Å². The second kappa shape index (κ2) is 15.3. The largest absolute Gasteiger partial charge is 0.455 e. The van der Waals surface area contributed by atoms with Gasteiger partial charge in [-0.05, 0) is 92.2 Å². The van der Waals surface area contributed by atoms with E-state index >= 15 is 0 Å². The minimum atomic E-state index is 0.557. The lowest BCUT2D eigenvalue weighted by Crippen LogP contribution is -2.06. The lowest BCUT2D eigenvalue weighted by molar-refractivity contribution is 0.670. The molecule has 338 valence electrons. The van der Waals surface area contributed by atoms with Crippen LogP contribution in [0.5, 0.6) is 0 Å². The molecule has 4 aromatic heterocycles. The van der Waals surface area contributed by atoms with Gasteiger partial charge in [-0.3, -0.25) is 4.57 Å². The van der Waals surface area contributed by atoms with E-state index in [2.05, 4.69) is 215 Å². The summed E-state index contributed by atoms with van der Waals surface area (Å²) in [5.74, 6) is 1.75.